The number of nitrogens with one attached hydrogen (secondary N) is 2. The van der Waals surface area contributed by atoms with Gasteiger partial charge in [0.25, 0.3) is 0 Å². The number of nitrogens with zero attached hydrogens (tertiary/aromatic N) is 2. The van der Waals surface area contributed by atoms with Gasteiger partial charge in [-0.3, -0.25) is 5.32 Å². The van der Waals surface area contributed by atoms with Crippen LogP contribution in [0.4, 0.5) is 15.6 Å². The highest BCUT2D eigenvalue weighted by Crippen LogP contribution is 2.16. The first-order chi connectivity index (χ1) is 9.19. The number of hydrogen-bond donors (Lipinski definition) is 3. The number of urea groups is 1. The van der Waals surface area contributed by atoms with E-state index in [0.717, 1.165) is 0 Å². The lowest BCUT2D eigenvalue weighted by Gasteiger charge is -2.04. The van der Waals surface area contributed by atoms with Crippen LogP contribution in [0.1, 0.15) is 12.6 Å². The fourth-order valence-electron chi connectivity index (χ4n) is 1.33. The maximum Gasteiger partial charge on any atom is 0.325 e. The van der Waals surface area contributed by atoms with Crippen LogP contribution >= 0.6 is 11.3 Å². The van der Waals surface area contributed by atoms with Crippen molar-refractivity contribution in [2.45, 2.75) is 6.92 Å². The lowest BCUT2D eigenvalue weighted by molar-refractivity contribution is 0.262. The Labute approximate surface area is 113 Å². The summed E-state index contributed by atoms with van der Waals surface area (Å²) in [5.74, 6) is 0. The topological polar surface area (TPSA) is 86.6 Å². The monoisotopic (exact) mass is 276 g/mol. The first-order valence-corrected chi connectivity index (χ1v) is 6.34. The van der Waals surface area contributed by atoms with Crippen molar-refractivity contribution in [3.8, 4) is 0 Å². The van der Waals surface area contributed by atoms with Gasteiger partial charge in [0.2, 0.25) is 0 Å². The number of benzene rings is 1. The minimum atomic E-state index is -0.370. The molecule has 0 radical (unpaired) electrons. The molecule has 0 unspecified atom stereocenters. The van der Waals surface area contributed by atoms with Gasteiger partial charge in [-0.2, -0.15) is 0 Å². The summed E-state index contributed by atoms with van der Waals surface area (Å²) in [6, 6.07) is 8.74. The van der Waals surface area contributed by atoms with Gasteiger partial charge in [-0.25, -0.2) is 9.78 Å². The molecule has 0 atom stereocenters. The molecule has 3 N–H and O–H groups in total. The summed E-state index contributed by atoms with van der Waals surface area (Å²) < 4.78 is 0. The summed E-state index contributed by atoms with van der Waals surface area (Å²) in [6.45, 7) is 1.63. The van der Waals surface area contributed by atoms with E-state index in [1.165, 1.54) is 11.3 Å². The van der Waals surface area contributed by atoms with Crippen LogP contribution in [0.15, 0.2) is 40.9 Å². The Morgan fingerprint density at radius 2 is 2.05 bits per heavy atom. The smallest absolute Gasteiger partial charge is 0.325 e. The van der Waals surface area contributed by atoms with Crippen LogP contribution in [0.25, 0.3) is 0 Å². The Hall–Kier alpha value is -2.41. The number of carbonyl (C=O) groups is 1. The highest BCUT2D eigenvalue weighted by Gasteiger charge is 2.08. The third-order valence-corrected chi connectivity index (χ3v) is 3.03. The minimum Gasteiger partial charge on any atom is -0.411 e. The van der Waals surface area contributed by atoms with E-state index in [2.05, 4.69) is 20.8 Å². The first kappa shape index (κ1) is 13.0. The van der Waals surface area contributed by atoms with Crippen molar-refractivity contribution in [3.05, 3.63) is 41.4 Å². The Morgan fingerprint density at radius 1 is 1.32 bits per heavy atom. The number of thiazole rings is 1. The number of para-hydroxylation sites is 1. The zero-order valence-corrected chi connectivity index (χ0v) is 10.9. The highest BCUT2D eigenvalue weighted by molar-refractivity contribution is 7.14. The maximum atomic E-state index is 11.7. The molecule has 0 aliphatic heterocycles. The Kier molecular flexibility index (Phi) is 4.09. The number of amides is 2. The molecule has 2 aromatic rings. The predicted octanol–water partition coefficient (Wildman–Crippen LogP) is 2.99. The van der Waals surface area contributed by atoms with Crippen molar-refractivity contribution >= 4 is 33.9 Å². The number of anilines is 2. The third-order valence-electron chi connectivity index (χ3n) is 2.28. The van der Waals surface area contributed by atoms with Crippen molar-refractivity contribution in [3.63, 3.8) is 0 Å². The molecule has 0 saturated heterocycles. The van der Waals surface area contributed by atoms with Crippen LogP contribution in [0, 0.1) is 0 Å². The van der Waals surface area contributed by atoms with Gasteiger partial charge in [0.05, 0.1) is 0 Å². The van der Waals surface area contributed by atoms with E-state index in [0.29, 0.717) is 22.2 Å². The second-order valence-corrected chi connectivity index (χ2v) is 4.53. The molecule has 0 aliphatic rings. The molecule has 19 heavy (non-hydrogen) atoms. The second-order valence-electron chi connectivity index (χ2n) is 3.67. The molecule has 98 valence electrons. The van der Waals surface area contributed by atoms with E-state index in [1.807, 2.05) is 18.2 Å². The van der Waals surface area contributed by atoms with Crippen LogP contribution in [0.5, 0.6) is 0 Å². The lowest BCUT2D eigenvalue weighted by Crippen LogP contribution is -2.19. The molecular weight excluding hydrogens is 264 g/mol. The van der Waals surface area contributed by atoms with E-state index < -0.39 is 0 Å². The molecule has 1 heterocycles. The number of oxime groups is 1. The van der Waals surface area contributed by atoms with Crippen LogP contribution < -0.4 is 10.6 Å². The average molecular weight is 276 g/mol. The summed E-state index contributed by atoms with van der Waals surface area (Å²) in [5, 5.41) is 19.1. The fraction of sp³-hybridized carbons (Fsp3) is 0.0833. The number of rotatable bonds is 3. The summed E-state index contributed by atoms with van der Waals surface area (Å²) in [4.78, 5) is 15.8. The van der Waals surface area contributed by atoms with E-state index >= 15 is 0 Å². The van der Waals surface area contributed by atoms with Crippen LogP contribution in [0.2, 0.25) is 0 Å². The Bertz CT molecular complexity index is 595. The molecule has 0 spiro atoms. The van der Waals surface area contributed by atoms with Gasteiger partial charge in [0.1, 0.15) is 11.4 Å². The molecular formula is C12H12N4O2S. The van der Waals surface area contributed by atoms with E-state index in [9.17, 15) is 4.79 Å². The van der Waals surface area contributed by atoms with Crippen molar-refractivity contribution in [1.82, 2.24) is 4.98 Å². The molecule has 2 rings (SSSR count). The number of hydrogen-bond acceptors (Lipinski definition) is 5. The van der Waals surface area contributed by atoms with Gasteiger partial charge < -0.3 is 10.5 Å². The Balaban J connectivity index is 1.98. The standard InChI is InChI=1S/C12H12N4O2S/c1-8(16-18)10-7-19-12(14-10)15-11(17)13-9-5-3-2-4-6-9/h2-7,18H,1H3,(H2,13,14,15,17). The molecule has 7 heteroatoms. The normalized spacial score (nSPS) is 11.1. The fourth-order valence-corrected chi connectivity index (χ4v) is 2.08. The summed E-state index contributed by atoms with van der Waals surface area (Å²) in [5.41, 5.74) is 1.63. The van der Waals surface area contributed by atoms with Gasteiger partial charge in [-0.15, -0.1) is 11.3 Å². The zero-order chi connectivity index (χ0) is 13.7. The molecule has 1 aromatic heterocycles. The summed E-state index contributed by atoms with van der Waals surface area (Å²) in [7, 11) is 0. The lowest BCUT2D eigenvalue weighted by atomic mass is 10.3. The van der Waals surface area contributed by atoms with Crippen molar-refractivity contribution in [1.29, 1.82) is 0 Å². The van der Waals surface area contributed by atoms with Crippen molar-refractivity contribution in [2.75, 3.05) is 10.6 Å². The van der Waals surface area contributed by atoms with Gasteiger partial charge in [-0.05, 0) is 19.1 Å². The predicted molar refractivity (Wildman–Crippen MR) is 75.2 cm³/mol. The molecule has 0 saturated carbocycles. The molecule has 0 fully saturated rings. The summed E-state index contributed by atoms with van der Waals surface area (Å²) >= 11 is 1.26. The largest absolute Gasteiger partial charge is 0.411 e. The second kappa shape index (κ2) is 5.96. The summed E-state index contributed by atoms with van der Waals surface area (Å²) in [6.07, 6.45) is 0. The van der Waals surface area contributed by atoms with E-state index in [4.69, 9.17) is 5.21 Å². The molecule has 6 nitrogen and oxygen atoms in total. The molecule has 0 aliphatic carbocycles. The number of aromatic nitrogens is 1. The van der Waals surface area contributed by atoms with Gasteiger partial charge >= 0.3 is 6.03 Å². The van der Waals surface area contributed by atoms with Gasteiger partial charge in [0, 0.05) is 11.1 Å². The van der Waals surface area contributed by atoms with Crippen LogP contribution in [0.3, 0.4) is 0 Å². The van der Waals surface area contributed by atoms with Crippen LogP contribution in [-0.2, 0) is 0 Å². The molecule has 0 bridgehead atoms. The average Bonchev–Trinajstić information content (AvgIpc) is 2.87. The van der Waals surface area contributed by atoms with Crippen LogP contribution in [-0.4, -0.2) is 21.9 Å². The van der Waals surface area contributed by atoms with Gasteiger partial charge in [-0.1, -0.05) is 23.4 Å². The van der Waals surface area contributed by atoms with E-state index in [1.54, 1.807) is 24.4 Å². The minimum absolute atomic E-state index is 0.370. The highest BCUT2D eigenvalue weighted by atomic mass is 32.1. The van der Waals surface area contributed by atoms with Crippen molar-refractivity contribution < 1.29 is 10.0 Å². The zero-order valence-electron chi connectivity index (χ0n) is 10.1. The van der Waals surface area contributed by atoms with Gasteiger partial charge in [0.15, 0.2) is 5.13 Å². The van der Waals surface area contributed by atoms with E-state index in [-0.39, 0.29) is 6.03 Å². The molecule has 1 aromatic carbocycles. The maximum absolute atomic E-state index is 11.7. The Morgan fingerprint density at radius 3 is 2.74 bits per heavy atom. The van der Waals surface area contributed by atoms with Crippen molar-refractivity contribution in [2.24, 2.45) is 5.16 Å². The first-order valence-electron chi connectivity index (χ1n) is 5.46. The molecule has 2 amide bonds. The number of carbonyl (C=O) groups excluding carboxylic acids is 1. The quantitative estimate of drug-likeness (QED) is 0.457. The SMILES string of the molecule is CC(=NO)c1csc(NC(=O)Nc2ccccc2)n1. The third kappa shape index (κ3) is 3.52.